The Morgan fingerprint density at radius 1 is 0.318 bits per heavy atom. The van der Waals surface area contributed by atoms with Crippen molar-refractivity contribution in [1.29, 1.82) is 0 Å². The van der Waals surface area contributed by atoms with Crippen molar-refractivity contribution in [3.05, 3.63) is 179 Å². The molecule has 2 nitrogen and oxygen atoms in total. The van der Waals surface area contributed by atoms with Crippen LogP contribution in [0.25, 0.3) is 11.1 Å². The first-order valence-electron chi connectivity index (χ1n) is 14.1. The van der Waals surface area contributed by atoms with Gasteiger partial charge in [0.1, 0.15) is 23.3 Å². The predicted octanol–water partition coefficient (Wildman–Crippen LogP) is 10.8. The number of halogens is 4. The van der Waals surface area contributed by atoms with Crippen molar-refractivity contribution in [3.8, 4) is 0 Å². The van der Waals surface area contributed by atoms with Crippen molar-refractivity contribution >= 4 is 45.3 Å². The Hall–Kier alpha value is -5.62. The fourth-order valence-electron chi connectivity index (χ4n) is 6.44. The van der Waals surface area contributed by atoms with E-state index in [1.165, 1.54) is 48.5 Å². The number of benzene rings is 6. The topological polar surface area (TPSA) is 6.48 Å². The van der Waals surface area contributed by atoms with Gasteiger partial charge in [0.15, 0.2) is 0 Å². The molecule has 2 aliphatic heterocycles. The number of anilines is 6. The van der Waals surface area contributed by atoms with Crippen molar-refractivity contribution in [2.75, 3.05) is 9.80 Å². The Morgan fingerprint density at radius 2 is 0.705 bits per heavy atom. The zero-order valence-corrected chi connectivity index (χ0v) is 23.1. The maximum atomic E-state index is 15.0. The maximum absolute atomic E-state index is 15.0. The first-order valence-corrected chi connectivity index (χ1v) is 14.1. The molecule has 0 fully saturated rings. The Balaban J connectivity index is 1.50. The van der Waals surface area contributed by atoms with Gasteiger partial charge >= 0.3 is 0 Å². The van der Waals surface area contributed by atoms with Crippen LogP contribution in [0.1, 0.15) is 22.3 Å². The van der Waals surface area contributed by atoms with Gasteiger partial charge < -0.3 is 9.80 Å². The van der Waals surface area contributed by atoms with Crippen LogP contribution >= 0.6 is 0 Å². The fourth-order valence-corrected chi connectivity index (χ4v) is 6.44. The lowest BCUT2D eigenvalue weighted by molar-refractivity contribution is 0.626. The summed E-state index contributed by atoms with van der Waals surface area (Å²) in [5, 5.41) is 0. The van der Waals surface area contributed by atoms with E-state index in [1.54, 1.807) is 36.4 Å². The normalized spacial score (nSPS) is 14.9. The number of fused-ring (bicyclic) bond motifs is 4. The average Bonchev–Trinajstić information content (AvgIpc) is 3.02. The molecule has 0 aliphatic carbocycles. The summed E-state index contributed by atoms with van der Waals surface area (Å²) >= 11 is 0. The Morgan fingerprint density at radius 3 is 1.14 bits per heavy atom. The van der Waals surface area contributed by atoms with Gasteiger partial charge in [0, 0.05) is 44.8 Å². The fraction of sp³-hybridized carbons (Fsp3) is 0. The highest BCUT2D eigenvalue weighted by Gasteiger charge is 2.35. The lowest BCUT2D eigenvalue weighted by Crippen LogP contribution is -2.22. The van der Waals surface area contributed by atoms with E-state index in [0.29, 0.717) is 22.7 Å². The molecule has 2 aliphatic rings. The molecule has 6 aromatic carbocycles. The molecule has 212 valence electrons. The van der Waals surface area contributed by atoms with Crippen molar-refractivity contribution in [2.45, 2.75) is 0 Å². The van der Waals surface area contributed by atoms with Crippen molar-refractivity contribution in [1.82, 2.24) is 0 Å². The first-order chi connectivity index (χ1) is 21.5. The Bertz CT molecular complexity index is 2000. The van der Waals surface area contributed by atoms with Crippen LogP contribution in [-0.4, -0.2) is 0 Å². The summed E-state index contributed by atoms with van der Waals surface area (Å²) in [5.41, 5.74) is 8.47. The van der Waals surface area contributed by atoms with Gasteiger partial charge in [0.05, 0.1) is 22.7 Å². The predicted molar refractivity (Wildman–Crippen MR) is 167 cm³/mol. The van der Waals surface area contributed by atoms with Crippen molar-refractivity contribution < 1.29 is 17.6 Å². The van der Waals surface area contributed by atoms with Crippen molar-refractivity contribution in [3.63, 3.8) is 0 Å². The smallest absolute Gasteiger partial charge is 0.125 e. The molecule has 2 heterocycles. The Labute approximate surface area is 251 Å². The van der Waals surface area contributed by atoms with Crippen molar-refractivity contribution in [2.24, 2.45) is 0 Å². The molecule has 0 bridgehead atoms. The molecule has 0 radical (unpaired) electrons. The average molecular weight is 583 g/mol. The van der Waals surface area contributed by atoms with Crippen LogP contribution in [0.4, 0.5) is 51.7 Å². The molecule has 0 unspecified atom stereocenters. The van der Waals surface area contributed by atoms with Crippen LogP contribution in [0.5, 0.6) is 0 Å². The van der Waals surface area contributed by atoms with E-state index in [0.717, 1.165) is 44.8 Å². The summed E-state index contributed by atoms with van der Waals surface area (Å²) in [7, 11) is 0. The highest BCUT2D eigenvalue weighted by Crippen LogP contribution is 2.56. The first kappa shape index (κ1) is 26.0. The summed E-state index contributed by atoms with van der Waals surface area (Å²) in [5.74, 6) is -1.68. The summed E-state index contributed by atoms with van der Waals surface area (Å²) in [6, 6.07) is 37.1. The lowest BCUT2D eigenvalue weighted by atomic mass is 9.79. The summed E-state index contributed by atoms with van der Waals surface area (Å²) in [6.45, 7) is 0. The van der Waals surface area contributed by atoms with Gasteiger partial charge in [-0.05, 0) is 84.9 Å². The molecule has 6 aromatic rings. The molecular weight excluding hydrogens is 560 g/mol. The van der Waals surface area contributed by atoms with Gasteiger partial charge in [-0.3, -0.25) is 0 Å². The maximum Gasteiger partial charge on any atom is 0.125 e. The summed E-state index contributed by atoms with van der Waals surface area (Å²) in [6.07, 6.45) is 0. The van der Waals surface area contributed by atoms with Gasteiger partial charge in [-0.25, -0.2) is 17.6 Å². The van der Waals surface area contributed by atoms with Gasteiger partial charge in [0.25, 0.3) is 0 Å². The molecule has 0 aromatic heterocycles. The second-order valence-corrected chi connectivity index (χ2v) is 10.7. The standard InChI is InChI=1S/C38H22F4N2/c39-23-7-5-9-27(19-23)43-33-13-3-1-11-29(33)37(31-17-15-25(41)21-35(31)43)38-30-12-2-4-14-34(30)44(28-10-6-8-24(40)20-28)36-22-26(42)16-18-32(36)38/h1-22H/b38-37+. The summed E-state index contributed by atoms with van der Waals surface area (Å²) in [4.78, 5) is 3.72. The third-order valence-corrected chi connectivity index (χ3v) is 8.15. The van der Waals surface area contributed by atoms with E-state index in [-0.39, 0.29) is 0 Å². The van der Waals surface area contributed by atoms with Gasteiger partial charge in [-0.15, -0.1) is 0 Å². The highest BCUT2D eigenvalue weighted by atomic mass is 19.1. The van der Waals surface area contributed by atoms with E-state index in [9.17, 15) is 8.78 Å². The second kappa shape index (κ2) is 9.99. The highest BCUT2D eigenvalue weighted by molar-refractivity contribution is 6.17. The minimum Gasteiger partial charge on any atom is -0.309 e. The molecule has 44 heavy (non-hydrogen) atoms. The van der Waals surface area contributed by atoms with Crippen LogP contribution < -0.4 is 9.80 Å². The molecule has 0 N–H and O–H groups in total. The molecule has 0 atom stereocenters. The van der Waals surface area contributed by atoms with Crippen LogP contribution in [0, 0.1) is 23.3 Å². The summed E-state index contributed by atoms with van der Waals surface area (Å²) < 4.78 is 59.0. The molecule has 6 heteroatoms. The zero-order chi connectivity index (χ0) is 29.9. The van der Waals surface area contributed by atoms with Gasteiger partial charge in [-0.1, -0.05) is 48.5 Å². The minimum absolute atomic E-state index is 0.406. The number of hydrogen-bond acceptors (Lipinski definition) is 2. The Kier molecular flexibility index (Phi) is 5.91. The monoisotopic (exact) mass is 582 g/mol. The third kappa shape index (κ3) is 4.02. The van der Waals surface area contributed by atoms with E-state index in [4.69, 9.17) is 0 Å². The largest absolute Gasteiger partial charge is 0.309 e. The third-order valence-electron chi connectivity index (χ3n) is 8.15. The number of nitrogens with zero attached hydrogens (tertiary/aromatic N) is 2. The molecule has 0 saturated heterocycles. The van der Waals surface area contributed by atoms with Crippen LogP contribution in [-0.2, 0) is 0 Å². The minimum atomic E-state index is -0.433. The van der Waals surface area contributed by atoms with Crippen LogP contribution in [0.3, 0.4) is 0 Å². The molecule has 0 saturated carbocycles. The van der Waals surface area contributed by atoms with E-state index in [2.05, 4.69) is 0 Å². The SMILES string of the molecule is Fc1cccc(N2c3ccccc3/C(=C3/c4ccccc4N(c4cccc(F)c4)c4cc(F)ccc43)c3ccc(F)cc32)c1. The quantitative estimate of drug-likeness (QED) is 0.187. The van der Waals surface area contributed by atoms with E-state index >= 15 is 8.78 Å². The molecule has 8 rings (SSSR count). The molecular formula is C38H22F4N2. The van der Waals surface area contributed by atoms with Crippen LogP contribution in [0.15, 0.2) is 133 Å². The van der Waals surface area contributed by atoms with E-state index < -0.39 is 23.3 Å². The number of para-hydroxylation sites is 2. The van der Waals surface area contributed by atoms with E-state index in [1.807, 2.05) is 58.3 Å². The molecule has 0 amide bonds. The molecule has 0 spiro atoms. The number of rotatable bonds is 2. The lowest BCUT2D eigenvalue weighted by Gasteiger charge is -2.39. The second-order valence-electron chi connectivity index (χ2n) is 10.7. The van der Waals surface area contributed by atoms with Gasteiger partial charge in [0.2, 0.25) is 0 Å². The van der Waals surface area contributed by atoms with Crippen LogP contribution in [0.2, 0.25) is 0 Å². The number of hydrogen-bond donors (Lipinski definition) is 0. The zero-order valence-electron chi connectivity index (χ0n) is 23.1. The van der Waals surface area contributed by atoms with Gasteiger partial charge in [-0.2, -0.15) is 0 Å².